The maximum atomic E-state index is 13.6. The second-order valence-electron chi connectivity index (χ2n) is 4.96. The predicted octanol–water partition coefficient (Wildman–Crippen LogP) is 3.95. The SMILES string of the molecule is Cc1cc(N(C)C)ccc1NCc1cccc(F)c1F. The average Bonchev–Trinajstić information content (AvgIpc) is 2.41. The Balaban J connectivity index is 2.13. The van der Waals surface area contributed by atoms with E-state index in [9.17, 15) is 8.78 Å². The lowest BCUT2D eigenvalue weighted by Crippen LogP contribution is -2.09. The lowest BCUT2D eigenvalue weighted by molar-refractivity contribution is 0.500. The molecule has 0 bridgehead atoms. The minimum atomic E-state index is -0.816. The molecule has 1 N–H and O–H groups in total. The molecule has 2 aromatic carbocycles. The second kappa shape index (κ2) is 5.90. The first-order chi connectivity index (χ1) is 9.49. The summed E-state index contributed by atoms with van der Waals surface area (Å²) in [6, 6.07) is 10.2. The van der Waals surface area contributed by atoms with Crippen LogP contribution in [0.25, 0.3) is 0 Å². The Morgan fingerprint density at radius 1 is 1.10 bits per heavy atom. The van der Waals surface area contributed by atoms with Crippen molar-refractivity contribution >= 4 is 11.4 Å². The van der Waals surface area contributed by atoms with Crippen LogP contribution in [0.4, 0.5) is 20.2 Å². The van der Waals surface area contributed by atoms with Gasteiger partial charge in [0, 0.05) is 37.6 Å². The first kappa shape index (κ1) is 14.3. The number of benzene rings is 2. The molecule has 0 atom stereocenters. The van der Waals surface area contributed by atoms with Crippen molar-refractivity contribution in [2.75, 3.05) is 24.3 Å². The lowest BCUT2D eigenvalue weighted by atomic mass is 10.1. The second-order valence-corrected chi connectivity index (χ2v) is 4.96. The molecule has 2 aromatic rings. The molecule has 0 aliphatic rings. The van der Waals surface area contributed by atoms with Crippen LogP contribution in [0.2, 0.25) is 0 Å². The number of rotatable bonds is 4. The number of anilines is 2. The first-order valence-electron chi connectivity index (χ1n) is 6.44. The third-order valence-corrected chi connectivity index (χ3v) is 3.23. The molecule has 0 fully saturated rings. The number of nitrogens with one attached hydrogen (secondary N) is 1. The van der Waals surface area contributed by atoms with Crippen LogP contribution in [0, 0.1) is 18.6 Å². The van der Waals surface area contributed by atoms with Crippen molar-refractivity contribution in [3.05, 3.63) is 59.2 Å². The monoisotopic (exact) mass is 276 g/mol. The van der Waals surface area contributed by atoms with Crippen molar-refractivity contribution in [1.82, 2.24) is 0 Å². The lowest BCUT2D eigenvalue weighted by Gasteiger charge is -2.16. The van der Waals surface area contributed by atoms with Gasteiger partial charge in [0.05, 0.1) is 0 Å². The number of nitrogens with zero attached hydrogens (tertiary/aromatic N) is 1. The van der Waals surface area contributed by atoms with Crippen molar-refractivity contribution in [2.45, 2.75) is 13.5 Å². The fourth-order valence-corrected chi connectivity index (χ4v) is 2.00. The maximum absolute atomic E-state index is 13.6. The highest BCUT2D eigenvalue weighted by Crippen LogP contribution is 2.22. The van der Waals surface area contributed by atoms with Crippen molar-refractivity contribution in [3.8, 4) is 0 Å². The van der Waals surface area contributed by atoms with Crippen LogP contribution < -0.4 is 10.2 Å². The number of hydrogen-bond donors (Lipinski definition) is 1. The van der Waals surface area contributed by atoms with Gasteiger partial charge in [-0.2, -0.15) is 0 Å². The molecule has 0 saturated carbocycles. The summed E-state index contributed by atoms with van der Waals surface area (Å²) in [7, 11) is 3.95. The molecule has 2 nitrogen and oxygen atoms in total. The predicted molar refractivity (Wildman–Crippen MR) is 79.2 cm³/mol. The van der Waals surface area contributed by atoms with Crippen LogP contribution in [-0.2, 0) is 6.54 Å². The summed E-state index contributed by atoms with van der Waals surface area (Å²) in [4.78, 5) is 2.02. The van der Waals surface area contributed by atoms with Gasteiger partial charge < -0.3 is 10.2 Å². The molecular weight excluding hydrogens is 258 g/mol. The summed E-state index contributed by atoms with van der Waals surface area (Å²) in [5.41, 5.74) is 3.40. The molecule has 0 amide bonds. The highest BCUT2D eigenvalue weighted by molar-refractivity contribution is 5.59. The molecule has 0 heterocycles. The van der Waals surface area contributed by atoms with Gasteiger partial charge in [-0.25, -0.2) is 8.78 Å². The van der Waals surface area contributed by atoms with E-state index in [2.05, 4.69) is 5.32 Å². The van der Waals surface area contributed by atoms with Gasteiger partial charge >= 0.3 is 0 Å². The van der Waals surface area contributed by atoms with E-state index in [0.29, 0.717) is 5.56 Å². The zero-order valence-corrected chi connectivity index (χ0v) is 11.9. The molecule has 0 aliphatic heterocycles. The van der Waals surface area contributed by atoms with Crippen LogP contribution >= 0.6 is 0 Å². The molecule has 0 unspecified atom stereocenters. The highest BCUT2D eigenvalue weighted by Gasteiger charge is 2.08. The maximum Gasteiger partial charge on any atom is 0.163 e. The van der Waals surface area contributed by atoms with Crippen LogP contribution in [0.5, 0.6) is 0 Å². The molecule has 0 spiro atoms. The standard InChI is InChI=1S/C16H18F2N2/c1-11-9-13(20(2)3)7-8-15(11)19-10-12-5-4-6-14(17)16(12)18/h4-9,19H,10H2,1-3H3. The quantitative estimate of drug-likeness (QED) is 0.909. The average molecular weight is 276 g/mol. The minimum Gasteiger partial charge on any atom is -0.381 e. The van der Waals surface area contributed by atoms with Gasteiger partial charge in [0.15, 0.2) is 11.6 Å². The van der Waals surface area contributed by atoms with Crippen LogP contribution in [0.15, 0.2) is 36.4 Å². The first-order valence-corrected chi connectivity index (χ1v) is 6.44. The van der Waals surface area contributed by atoms with Crippen LogP contribution in [0.3, 0.4) is 0 Å². The van der Waals surface area contributed by atoms with E-state index >= 15 is 0 Å². The Morgan fingerprint density at radius 2 is 1.85 bits per heavy atom. The molecule has 0 radical (unpaired) electrons. The Bertz CT molecular complexity index is 609. The summed E-state index contributed by atoms with van der Waals surface area (Å²) in [6.07, 6.45) is 0. The third kappa shape index (κ3) is 3.07. The number of halogens is 2. The minimum absolute atomic E-state index is 0.256. The summed E-state index contributed by atoms with van der Waals surface area (Å²) in [5.74, 6) is -1.61. The van der Waals surface area contributed by atoms with Gasteiger partial charge in [-0.3, -0.25) is 0 Å². The topological polar surface area (TPSA) is 15.3 Å². The van der Waals surface area contributed by atoms with E-state index in [1.54, 1.807) is 6.07 Å². The van der Waals surface area contributed by atoms with Crippen LogP contribution in [0.1, 0.15) is 11.1 Å². The van der Waals surface area contributed by atoms with Gasteiger partial charge in [0.2, 0.25) is 0 Å². The number of hydrogen-bond acceptors (Lipinski definition) is 2. The summed E-state index contributed by atoms with van der Waals surface area (Å²) >= 11 is 0. The molecule has 4 heteroatoms. The van der Waals surface area contributed by atoms with Crippen molar-refractivity contribution in [3.63, 3.8) is 0 Å². The smallest absolute Gasteiger partial charge is 0.163 e. The van der Waals surface area contributed by atoms with E-state index in [1.807, 2.05) is 44.1 Å². The molecule has 0 aliphatic carbocycles. The van der Waals surface area contributed by atoms with Gasteiger partial charge in [-0.15, -0.1) is 0 Å². The van der Waals surface area contributed by atoms with Gasteiger partial charge in [-0.1, -0.05) is 12.1 Å². The molecule has 0 saturated heterocycles. The fraction of sp³-hybridized carbons (Fsp3) is 0.250. The van der Waals surface area contributed by atoms with Crippen molar-refractivity contribution < 1.29 is 8.78 Å². The Morgan fingerprint density at radius 3 is 2.50 bits per heavy atom. The zero-order valence-electron chi connectivity index (χ0n) is 11.9. The van der Waals surface area contributed by atoms with Crippen molar-refractivity contribution in [2.24, 2.45) is 0 Å². The van der Waals surface area contributed by atoms with Gasteiger partial charge in [0.25, 0.3) is 0 Å². The van der Waals surface area contributed by atoms with E-state index in [-0.39, 0.29) is 6.54 Å². The van der Waals surface area contributed by atoms with Crippen molar-refractivity contribution in [1.29, 1.82) is 0 Å². The summed E-state index contributed by atoms with van der Waals surface area (Å²) in [6.45, 7) is 2.24. The van der Waals surface area contributed by atoms with Gasteiger partial charge in [-0.05, 0) is 36.8 Å². The molecular formula is C16H18F2N2. The summed E-state index contributed by atoms with van der Waals surface area (Å²) in [5, 5.41) is 3.14. The van der Waals surface area contributed by atoms with E-state index in [0.717, 1.165) is 23.0 Å². The Labute approximate surface area is 118 Å². The molecule has 106 valence electrons. The largest absolute Gasteiger partial charge is 0.381 e. The number of aryl methyl sites for hydroxylation is 1. The Hall–Kier alpha value is -2.10. The molecule has 0 aromatic heterocycles. The zero-order chi connectivity index (χ0) is 14.7. The van der Waals surface area contributed by atoms with Gasteiger partial charge in [0.1, 0.15) is 0 Å². The van der Waals surface area contributed by atoms with E-state index in [1.165, 1.54) is 6.07 Å². The Kier molecular flexibility index (Phi) is 4.23. The highest BCUT2D eigenvalue weighted by atomic mass is 19.2. The third-order valence-electron chi connectivity index (χ3n) is 3.23. The fourth-order valence-electron chi connectivity index (χ4n) is 2.00. The van der Waals surface area contributed by atoms with E-state index < -0.39 is 11.6 Å². The normalized spacial score (nSPS) is 10.4. The van der Waals surface area contributed by atoms with E-state index in [4.69, 9.17) is 0 Å². The summed E-state index contributed by atoms with van der Waals surface area (Å²) < 4.78 is 26.7. The molecule has 20 heavy (non-hydrogen) atoms. The van der Waals surface area contributed by atoms with Crippen LogP contribution in [-0.4, -0.2) is 14.1 Å². The molecule has 2 rings (SSSR count).